The topological polar surface area (TPSA) is 68.0 Å². The molecule has 1 fully saturated rings. The maximum atomic E-state index is 12.0. The summed E-state index contributed by atoms with van der Waals surface area (Å²) in [7, 11) is 0. The van der Waals surface area contributed by atoms with Crippen LogP contribution in [0, 0.1) is 11.8 Å². The highest BCUT2D eigenvalue weighted by Crippen LogP contribution is 2.30. The van der Waals surface area contributed by atoms with Gasteiger partial charge in [-0.15, -0.1) is 0 Å². The third-order valence-electron chi connectivity index (χ3n) is 4.19. The zero-order valence-corrected chi connectivity index (χ0v) is 11.6. The summed E-state index contributed by atoms with van der Waals surface area (Å²) >= 11 is 0. The Morgan fingerprint density at radius 1 is 1.37 bits per heavy atom. The third kappa shape index (κ3) is 3.69. The van der Waals surface area contributed by atoms with Crippen LogP contribution in [0.2, 0.25) is 0 Å². The van der Waals surface area contributed by atoms with Crippen LogP contribution in [0.1, 0.15) is 49.4 Å². The van der Waals surface area contributed by atoms with E-state index in [0.717, 1.165) is 12.5 Å². The molecule has 2 rings (SSSR count). The molecule has 1 aliphatic rings. The summed E-state index contributed by atoms with van der Waals surface area (Å²) in [6.07, 6.45) is 9.45. The fourth-order valence-corrected chi connectivity index (χ4v) is 2.79. The highest BCUT2D eigenvalue weighted by molar-refractivity contribution is 5.98. The van der Waals surface area contributed by atoms with E-state index in [9.17, 15) is 4.79 Å². The maximum absolute atomic E-state index is 12.0. The van der Waals surface area contributed by atoms with Gasteiger partial charge in [0, 0.05) is 12.7 Å². The van der Waals surface area contributed by atoms with Crippen molar-refractivity contribution in [3.63, 3.8) is 0 Å². The Kier molecular flexibility index (Phi) is 4.77. The van der Waals surface area contributed by atoms with E-state index in [4.69, 9.17) is 5.73 Å². The van der Waals surface area contributed by atoms with E-state index >= 15 is 0 Å². The molecule has 1 amide bonds. The summed E-state index contributed by atoms with van der Waals surface area (Å²) in [5.74, 6) is 1.43. The number of amides is 1. The minimum atomic E-state index is -0.0856. The Morgan fingerprint density at radius 3 is 2.68 bits per heavy atom. The van der Waals surface area contributed by atoms with Gasteiger partial charge in [0.1, 0.15) is 0 Å². The second kappa shape index (κ2) is 6.55. The van der Waals surface area contributed by atoms with E-state index in [2.05, 4.69) is 17.2 Å². The molecule has 19 heavy (non-hydrogen) atoms. The van der Waals surface area contributed by atoms with Crippen LogP contribution in [0.3, 0.4) is 0 Å². The van der Waals surface area contributed by atoms with Gasteiger partial charge < -0.3 is 11.1 Å². The molecular weight excluding hydrogens is 238 g/mol. The van der Waals surface area contributed by atoms with Gasteiger partial charge in [0.15, 0.2) is 0 Å². The summed E-state index contributed by atoms with van der Waals surface area (Å²) in [4.78, 5) is 15.9. The molecule has 4 nitrogen and oxygen atoms in total. The number of anilines is 1. The quantitative estimate of drug-likeness (QED) is 0.875. The number of rotatable bonds is 4. The minimum absolute atomic E-state index is 0.0856. The number of nitrogens with zero attached hydrogens (tertiary/aromatic N) is 1. The van der Waals surface area contributed by atoms with Crippen LogP contribution in [-0.4, -0.2) is 17.4 Å². The smallest absolute Gasteiger partial charge is 0.253 e. The Balaban J connectivity index is 1.80. The predicted molar refractivity (Wildman–Crippen MR) is 76.7 cm³/mol. The lowest BCUT2D eigenvalue weighted by Gasteiger charge is -2.27. The molecule has 1 aliphatic carbocycles. The number of pyridine rings is 1. The summed E-state index contributed by atoms with van der Waals surface area (Å²) < 4.78 is 0. The Labute approximate surface area is 114 Å². The van der Waals surface area contributed by atoms with Crippen molar-refractivity contribution in [2.45, 2.75) is 39.0 Å². The highest BCUT2D eigenvalue weighted by atomic mass is 16.1. The van der Waals surface area contributed by atoms with Crippen LogP contribution in [-0.2, 0) is 0 Å². The average Bonchev–Trinajstić information content (AvgIpc) is 2.46. The van der Waals surface area contributed by atoms with E-state index in [-0.39, 0.29) is 5.91 Å². The van der Waals surface area contributed by atoms with Crippen LogP contribution >= 0.6 is 0 Å². The van der Waals surface area contributed by atoms with E-state index in [1.54, 1.807) is 12.3 Å². The van der Waals surface area contributed by atoms with E-state index in [0.29, 0.717) is 17.2 Å². The number of hydrogen-bond acceptors (Lipinski definition) is 3. The molecule has 4 heteroatoms. The van der Waals surface area contributed by atoms with Crippen molar-refractivity contribution in [3.05, 3.63) is 24.0 Å². The Hall–Kier alpha value is -1.58. The number of nitrogens with two attached hydrogens (primary N) is 1. The fraction of sp³-hybridized carbons (Fsp3) is 0.600. The predicted octanol–water partition coefficient (Wildman–Crippen LogP) is 2.61. The normalized spacial score (nSPS) is 23.0. The van der Waals surface area contributed by atoms with Crippen LogP contribution < -0.4 is 11.1 Å². The third-order valence-corrected chi connectivity index (χ3v) is 4.19. The van der Waals surface area contributed by atoms with Crippen molar-refractivity contribution in [1.29, 1.82) is 0 Å². The number of hydrogen-bond donors (Lipinski definition) is 2. The second-order valence-corrected chi connectivity index (χ2v) is 5.47. The first-order valence-electron chi connectivity index (χ1n) is 7.18. The molecule has 0 aliphatic heterocycles. The van der Waals surface area contributed by atoms with Crippen LogP contribution in [0.4, 0.5) is 5.69 Å². The lowest BCUT2D eigenvalue weighted by molar-refractivity contribution is 0.0942. The summed E-state index contributed by atoms with van der Waals surface area (Å²) in [6, 6.07) is 1.67. The van der Waals surface area contributed by atoms with E-state index in [1.165, 1.54) is 38.3 Å². The maximum Gasteiger partial charge on any atom is 0.253 e. The SMILES string of the molecule is CCC1CCC(CNC(=O)c2ccncc2N)CC1. The number of carbonyl (C=O) groups is 1. The first-order chi connectivity index (χ1) is 9.20. The monoisotopic (exact) mass is 261 g/mol. The lowest BCUT2D eigenvalue weighted by atomic mass is 9.81. The summed E-state index contributed by atoms with van der Waals surface area (Å²) in [5.41, 5.74) is 6.71. The zero-order chi connectivity index (χ0) is 13.7. The zero-order valence-electron chi connectivity index (χ0n) is 11.6. The molecule has 0 unspecified atom stereocenters. The molecule has 1 heterocycles. The first-order valence-corrected chi connectivity index (χ1v) is 7.18. The number of nitrogen functional groups attached to an aromatic ring is 1. The molecular formula is C15H23N3O. The number of nitrogens with one attached hydrogen (secondary N) is 1. The molecule has 0 bridgehead atoms. The Bertz CT molecular complexity index is 425. The molecule has 1 saturated carbocycles. The molecule has 0 aromatic carbocycles. The summed E-state index contributed by atoms with van der Waals surface area (Å²) in [6.45, 7) is 3.02. The lowest BCUT2D eigenvalue weighted by Crippen LogP contribution is -2.31. The Morgan fingerprint density at radius 2 is 2.05 bits per heavy atom. The molecule has 3 N–H and O–H groups in total. The molecule has 104 valence electrons. The molecule has 1 aromatic heterocycles. The standard InChI is InChI=1S/C15H23N3O/c1-2-11-3-5-12(6-4-11)9-18-15(19)13-7-8-17-10-14(13)16/h7-8,10-12H,2-6,9,16H2,1H3,(H,18,19). The van der Waals surface area contributed by atoms with Crippen molar-refractivity contribution in [2.24, 2.45) is 11.8 Å². The number of aromatic nitrogens is 1. The van der Waals surface area contributed by atoms with Gasteiger partial charge in [-0.25, -0.2) is 0 Å². The van der Waals surface area contributed by atoms with Crippen LogP contribution in [0.15, 0.2) is 18.5 Å². The van der Waals surface area contributed by atoms with Crippen molar-refractivity contribution >= 4 is 11.6 Å². The second-order valence-electron chi connectivity index (χ2n) is 5.47. The molecule has 0 saturated heterocycles. The largest absolute Gasteiger partial charge is 0.397 e. The van der Waals surface area contributed by atoms with E-state index in [1.807, 2.05) is 0 Å². The number of carbonyl (C=O) groups excluding carboxylic acids is 1. The van der Waals surface area contributed by atoms with Crippen molar-refractivity contribution in [1.82, 2.24) is 10.3 Å². The van der Waals surface area contributed by atoms with Crippen molar-refractivity contribution in [3.8, 4) is 0 Å². The minimum Gasteiger partial charge on any atom is -0.397 e. The van der Waals surface area contributed by atoms with Crippen molar-refractivity contribution in [2.75, 3.05) is 12.3 Å². The molecule has 0 atom stereocenters. The molecule has 0 radical (unpaired) electrons. The van der Waals surface area contributed by atoms with Gasteiger partial charge in [-0.2, -0.15) is 0 Å². The van der Waals surface area contributed by atoms with Gasteiger partial charge in [0.25, 0.3) is 5.91 Å². The van der Waals surface area contributed by atoms with Gasteiger partial charge in [-0.1, -0.05) is 26.2 Å². The van der Waals surface area contributed by atoms with Gasteiger partial charge in [0.05, 0.1) is 17.4 Å². The van der Waals surface area contributed by atoms with Gasteiger partial charge in [0.2, 0.25) is 0 Å². The van der Waals surface area contributed by atoms with Gasteiger partial charge in [-0.3, -0.25) is 9.78 Å². The molecule has 0 spiro atoms. The average molecular weight is 261 g/mol. The van der Waals surface area contributed by atoms with Crippen LogP contribution in [0.5, 0.6) is 0 Å². The highest BCUT2D eigenvalue weighted by Gasteiger charge is 2.20. The van der Waals surface area contributed by atoms with Gasteiger partial charge in [-0.05, 0) is 30.7 Å². The first kappa shape index (κ1) is 13.8. The summed E-state index contributed by atoms with van der Waals surface area (Å²) in [5, 5.41) is 3.00. The van der Waals surface area contributed by atoms with Crippen LogP contribution in [0.25, 0.3) is 0 Å². The van der Waals surface area contributed by atoms with E-state index < -0.39 is 0 Å². The fourth-order valence-electron chi connectivity index (χ4n) is 2.79. The van der Waals surface area contributed by atoms with Gasteiger partial charge >= 0.3 is 0 Å². The molecule has 1 aromatic rings. The van der Waals surface area contributed by atoms with Crippen molar-refractivity contribution < 1.29 is 4.79 Å².